The monoisotopic (exact) mass is 236 g/mol. The van der Waals surface area contributed by atoms with Crippen LogP contribution in [0.1, 0.15) is 18.5 Å². The first-order chi connectivity index (χ1) is 8.00. The molecule has 0 fully saturated rings. The molecule has 94 valence electrons. The molecule has 0 aliphatic rings. The number of likely N-dealkylation sites (N-methyl/N-ethyl adjacent to an activating group) is 1. The third-order valence-electron chi connectivity index (χ3n) is 2.57. The van der Waals surface area contributed by atoms with Gasteiger partial charge in [-0.05, 0) is 26.6 Å². The molecule has 4 heteroatoms. The van der Waals surface area contributed by atoms with E-state index in [0.717, 1.165) is 12.1 Å². The predicted molar refractivity (Wildman–Crippen MR) is 68.0 cm³/mol. The third kappa shape index (κ3) is 4.54. The fourth-order valence-corrected chi connectivity index (χ4v) is 1.68. The Balaban J connectivity index is 2.77. The molecule has 2 unspecified atom stereocenters. The number of carboxylic acids is 1. The van der Waals surface area contributed by atoms with Crippen molar-refractivity contribution in [3.8, 4) is 0 Å². The van der Waals surface area contributed by atoms with Gasteiger partial charge in [-0.3, -0.25) is 10.1 Å². The van der Waals surface area contributed by atoms with E-state index in [0.29, 0.717) is 0 Å². The van der Waals surface area contributed by atoms with Gasteiger partial charge in [-0.15, -0.1) is 0 Å². The van der Waals surface area contributed by atoms with E-state index in [9.17, 15) is 4.79 Å². The van der Waals surface area contributed by atoms with Crippen LogP contribution in [-0.2, 0) is 4.79 Å². The fraction of sp³-hybridized carbons (Fsp3) is 0.462. The summed E-state index contributed by atoms with van der Waals surface area (Å²) < 4.78 is 0. The van der Waals surface area contributed by atoms with Gasteiger partial charge < -0.3 is 10.0 Å². The number of rotatable bonds is 6. The van der Waals surface area contributed by atoms with E-state index in [1.807, 2.05) is 49.3 Å². The Morgan fingerprint density at radius 2 is 1.94 bits per heavy atom. The molecule has 0 heterocycles. The number of nitrogens with zero attached hydrogens (tertiary/aromatic N) is 1. The Kier molecular flexibility index (Phi) is 5.12. The highest BCUT2D eigenvalue weighted by atomic mass is 16.4. The van der Waals surface area contributed by atoms with E-state index < -0.39 is 12.0 Å². The van der Waals surface area contributed by atoms with Crippen LogP contribution in [0, 0.1) is 0 Å². The molecule has 0 saturated heterocycles. The van der Waals surface area contributed by atoms with Gasteiger partial charge in [0, 0.05) is 12.6 Å². The summed E-state index contributed by atoms with van der Waals surface area (Å²) in [5, 5.41) is 12.1. The minimum Gasteiger partial charge on any atom is -0.480 e. The van der Waals surface area contributed by atoms with E-state index >= 15 is 0 Å². The van der Waals surface area contributed by atoms with Crippen LogP contribution in [-0.4, -0.2) is 42.7 Å². The molecule has 0 amide bonds. The minimum absolute atomic E-state index is 0.0253. The second-order valence-corrected chi connectivity index (χ2v) is 4.45. The Morgan fingerprint density at radius 1 is 1.35 bits per heavy atom. The van der Waals surface area contributed by atoms with Crippen LogP contribution in [0.3, 0.4) is 0 Å². The van der Waals surface area contributed by atoms with Crippen molar-refractivity contribution >= 4 is 5.97 Å². The molecule has 0 bridgehead atoms. The van der Waals surface area contributed by atoms with Crippen molar-refractivity contribution in [2.24, 2.45) is 0 Å². The van der Waals surface area contributed by atoms with Crippen LogP contribution in [0.2, 0.25) is 0 Å². The molecule has 0 aliphatic heterocycles. The van der Waals surface area contributed by atoms with Gasteiger partial charge in [0.25, 0.3) is 0 Å². The van der Waals surface area contributed by atoms with E-state index in [2.05, 4.69) is 5.32 Å². The number of carboxylic acid groups (broad SMARTS) is 1. The maximum atomic E-state index is 10.9. The van der Waals surface area contributed by atoms with E-state index in [1.54, 1.807) is 6.92 Å². The fourth-order valence-electron chi connectivity index (χ4n) is 1.68. The smallest absolute Gasteiger partial charge is 0.320 e. The summed E-state index contributed by atoms with van der Waals surface area (Å²) in [4.78, 5) is 12.9. The van der Waals surface area contributed by atoms with Gasteiger partial charge in [0.05, 0.1) is 0 Å². The molecule has 4 nitrogen and oxygen atoms in total. The van der Waals surface area contributed by atoms with Crippen molar-refractivity contribution < 1.29 is 9.90 Å². The topological polar surface area (TPSA) is 52.6 Å². The number of carbonyl (C=O) groups is 1. The molecular formula is C13H20N2O2. The second kappa shape index (κ2) is 6.37. The summed E-state index contributed by atoms with van der Waals surface area (Å²) in [7, 11) is 3.95. The number of nitrogens with one attached hydrogen (secondary N) is 1. The molecule has 0 aliphatic carbocycles. The number of hydrogen-bond donors (Lipinski definition) is 2. The van der Waals surface area contributed by atoms with Gasteiger partial charge in [-0.25, -0.2) is 0 Å². The lowest BCUT2D eigenvalue weighted by Crippen LogP contribution is -2.40. The quantitative estimate of drug-likeness (QED) is 0.783. The van der Waals surface area contributed by atoms with E-state index in [-0.39, 0.29) is 6.04 Å². The first-order valence-electron chi connectivity index (χ1n) is 5.69. The van der Waals surface area contributed by atoms with Gasteiger partial charge in [-0.2, -0.15) is 0 Å². The van der Waals surface area contributed by atoms with Gasteiger partial charge in [-0.1, -0.05) is 30.3 Å². The molecule has 2 atom stereocenters. The van der Waals surface area contributed by atoms with Crippen LogP contribution >= 0.6 is 0 Å². The molecule has 0 aromatic heterocycles. The average Bonchev–Trinajstić information content (AvgIpc) is 2.28. The summed E-state index contributed by atoms with van der Waals surface area (Å²) in [6, 6.07) is 9.37. The van der Waals surface area contributed by atoms with Crippen molar-refractivity contribution in [1.82, 2.24) is 10.2 Å². The summed E-state index contributed by atoms with van der Waals surface area (Å²) in [6.07, 6.45) is 0. The SMILES string of the molecule is CC(NC(CN(C)C)c1ccccc1)C(=O)O. The first-order valence-corrected chi connectivity index (χ1v) is 5.69. The molecule has 2 N–H and O–H groups in total. The highest BCUT2D eigenvalue weighted by molar-refractivity contribution is 5.72. The lowest BCUT2D eigenvalue weighted by Gasteiger charge is -2.24. The van der Waals surface area contributed by atoms with Crippen LogP contribution < -0.4 is 5.32 Å². The normalized spacial score (nSPS) is 14.6. The molecular weight excluding hydrogens is 216 g/mol. The maximum absolute atomic E-state index is 10.9. The van der Waals surface area contributed by atoms with E-state index in [1.165, 1.54) is 0 Å². The van der Waals surface area contributed by atoms with Crippen molar-refractivity contribution in [2.75, 3.05) is 20.6 Å². The largest absolute Gasteiger partial charge is 0.480 e. The van der Waals surface area contributed by atoms with Gasteiger partial charge in [0.2, 0.25) is 0 Å². The number of aliphatic carboxylic acids is 1. The standard InChI is InChI=1S/C13H20N2O2/c1-10(13(16)17)14-12(9-15(2)3)11-7-5-4-6-8-11/h4-8,10,12,14H,9H2,1-3H3,(H,16,17). The second-order valence-electron chi connectivity index (χ2n) is 4.45. The molecule has 1 rings (SSSR count). The highest BCUT2D eigenvalue weighted by Gasteiger charge is 2.18. The Hall–Kier alpha value is -1.39. The number of benzene rings is 1. The van der Waals surface area contributed by atoms with Gasteiger partial charge in [0.1, 0.15) is 6.04 Å². The molecule has 1 aromatic rings. The van der Waals surface area contributed by atoms with Crippen LogP contribution in [0.5, 0.6) is 0 Å². The van der Waals surface area contributed by atoms with Crippen molar-refractivity contribution in [1.29, 1.82) is 0 Å². The van der Waals surface area contributed by atoms with Crippen LogP contribution in [0.4, 0.5) is 0 Å². The molecule has 1 aromatic carbocycles. The third-order valence-corrected chi connectivity index (χ3v) is 2.57. The van der Waals surface area contributed by atoms with E-state index in [4.69, 9.17) is 5.11 Å². The first kappa shape index (κ1) is 13.7. The van der Waals surface area contributed by atoms with Crippen LogP contribution in [0.25, 0.3) is 0 Å². The van der Waals surface area contributed by atoms with Gasteiger partial charge in [0.15, 0.2) is 0 Å². The lowest BCUT2D eigenvalue weighted by molar-refractivity contribution is -0.139. The zero-order valence-corrected chi connectivity index (χ0v) is 10.6. The maximum Gasteiger partial charge on any atom is 0.320 e. The summed E-state index contributed by atoms with van der Waals surface area (Å²) in [5.74, 6) is -0.829. The minimum atomic E-state index is -0.829. The Bertz CT molecular complexity index is 352. The van der Waals surface area contributed by atoms with Crippen LogP contribution in [0.15, 0.2) is 30.3 Å². The van der Waals surface area contributed by atoms with Crippen molar-refractivity contribution in [3.63, 3.8) is 0 Å². The van der Waals surface area contributed by atoms with Crippen molar-refractivity contribution in [2.45, 2.75) is 19.0 Å². The zero-order valence-electron chi connectivity index (χ0n) is 10.6. The lowest BCUT2D eigenvalue weighted by atomic mass is 10.1. The van der Waals surface area contributed by atoms with Gasteiger partial charge >= 0.3 is 5.97 Å². The highest BCUT2D eigenvalue weighted by Crippen LogP contribution is 2.14. The Labute approximate surface area is 102 Å². The number of hydrogen-bond acceptors (Lipinski definition) is 3. The predicted octanol–water partition coefficient (Wildman–Crippen LogP) is 1.35. The summed E-state index contributed by atoms with van der Waals surface area (Å²) in [6.45, 7) is 2.43. The zero-order chi connectivity index (χ0) is 12.8. The summed E-state index contributed by atoms with van der Waals surface area (Å²) >= 11 is 0. The molecule has 0 saturated carbocycles. The summed E-state index contributed by atoms with van der Waals surface area (Å²) in [5.41, 5.74) is 1.11. The average molecular weight is 236 g/mol. The molecule has 17 heavy (non-hydrogen) atoms. The van der Waals surface area contributed by atoms with Crippen molar-refractivity contribution in [3.05, 3.63) is 35.9 Å². The molecule has 0 spiro atoms. The molecule has 0 radical (unpaired) electrons. The Morgan fingerprint density at radius 3 is 2.41 bits per heavy atom.